The molecular formula is C11H13NO4. The van der Waals surface area contributed by atoms with Gasteiger partial charge in [0, 0.05) is 6.20 Å². The van der Waals surface area contributed by atoms with Crippen LogP contribution in [0.5, 0.6) is 0 Å². The SMILES string of the molecule is CC(C)(C)OC(=O)c1cccnc1C(=O)O. The highest BCUT2D eigenvalue weighted by atomic mass is 16.6. The number of esters is 1. The zero-order chi connectivity index (χ0) is 12.3. The van der Waals surface area contributed by atoms with Crippen molar-refractivity contribution in [1.82, 2.24) is 4.98 Å². The van der Waals surface area contributed by atoms with Crippen molar-refractivity contribution >= 4 is 11.9 Å². The molecular weight excluding hydrogens is 210 g/mol. The second-order valence-corrected chi connectivity index (χ2v) is 4.21. The Bertz CT molecular complexity index is 420. The standard InChI is InChI=1S/C11H13NO4/c1-11(2,3)16-10(15)7-5-4-6-12-8(7)9(13)14/h4-6H,1-3H3,(H,13,14). The first-order chi connectivity index (χ1) is 7.31. The monoisotopic (exact) mass is 223 g/mol. The fourth-order valence-electron chi connectivity index (χ4n) is 1.07. The molecule has 0 aliphatic rings. The molecule has 0 saturated heterocycles. The molecule has 16 heavy (non-hydrogen) atoms. The Labute approximate surface area is 93.1 Å². The van der Waals surface area contributed by atoms with Gasteiger partial charge in [-0.1, -0.05) is 0 Å². The summed E-state index contributed by atoms with van der Waals surface area (Å²) in [5.41, 5.74) is -0.996. The van der Waals surface area contributed by atoms with Gasteiger partial charge in [-0.15, -0.1) is 0 Å². The van der Waals surface area contributed by atoms with Gasteiger partial charge in [-0.3, -0.25) is 0 Å². The number of carbonyl (C=O) groups is 2. The molecule has 1 N–H and O–H groups in total. The van der Waals surface area contributed by atoms with Crippen molar-refractivity contribution in [1.29, 1.82) is 0 Å². The molecule has 0 bridgehead atoms. The molecule has 0 aliphatic carbocycles. The molecule has 0 amide bonds. The van der Waals surface area contributed by atoms with E-state index in [1.54, 1.807) is 20.8 Å². The molecule has 0 unspecified atom stereocenters. The largest absolute Gasteiger partial charge is 0.476 e. The molecule has 0 aromatic carbocycles. The number of carbonyl (C=O) groups excluding carboxylic acids is 1. The van der Waals surface area contributed by atoms with E-state index in [9.17, 15) is 9.59 Å². The lowest BCUT2D eigenvalue weighted by Gasteiger charge is -2.19. The number of hydrogen-bond donors (Lipinski definition) is 1. The summed E-state index contributed by atoms with van der Waals surface area (Å²) in [6, 6.07) is 2.87. The van der Waals surface area contributed by atoms with Crippen LogP contribution in [-0.4, -0.2) is 27.6 Å². The summed E-state index contributed by atoms with van der Waals surface area (Å²) >= 11 is 0. The summed E-state index contributed by atoms with van der Waals surface area (Å²) in [4.78, 5) is 26.1. The molecule has 1 aromatic rings. The summed E-state index contributed by atoms with van der Waals surface area (Å²) in [6.07, 6.45) is 1.32. The lowest BCUT2D eigenvalue weighted by Crippen LogP contribution is -2.25. The average molecular weight is 223 g/mol. The predicted molar refractivity (Wildman–Crippen MR) is 56.4 cm³/mol. The zero-order valence-corrected chi connectivity index (χ0v) is 9.35. The lowest BCUT2D eigenvalue weighted by molar-refractivity contribution is 0.00651. The van der Waals surface area contributed by atoms with Crippen LogP contribution in [0, 0.1) is 0 Å². The van der Waals surface area contributed by atoms with Crippen molar-refractivity contribution in [2.24, 2.45) is 0 Å². The average Bonchev–Trinajstić information content (AvgIpc) is 2.15. The Balaban J connectivity index is 3.04. The van der Waals surface area contributed by atoms with Gasteiger partial charge in [-0.25, -0.2) is 14.6 Å². The first kappa shape index (κ1) is 12.2. The van der Waals surface area contributed by atoms with Crippen LogP contribution < -0.4 is 0 Å². The van der Waals surface area contributed by atoms with E-state index >= 15 is 0 Å². The Kier molecular flexibility index (Phi) is 3.27. The van der Waals surface area contributed by atoms with Gasteiger partial charge in [-0.2, -0.15) is 0 Å². The van der Waals surface area contributed by atoms with Crippen LogP contribution in [0.3, 0.4) is 0 Å². The highest BCUT2D eigenvalue weighted by Gasteiger charge is 2.23. The molecule has 0 saturated carbocycles. The zero-order valence-electron chi connectivity index (χ0n) is 9.35. The van der Waals surface area contributed by atoms with Crippen LogP contribution in [0.2, 0.25) is 0 Å². The van der Waals surface area contributed by atoms with Gasteiger partial charge < -0.3 is 9.84 Å². The Morgan fingerprint density at radius 3 is 2.50 bits per heavy atom. The van der Waals surface area contributed by atoms with Crippen molar-refractivity contribution in [3.8, 4) is 0 Å². The predicted octanol–water partition coefficient (Wildman–Crippen LogP) is 1.74. The minimum absolute atomic E-state index is 0.0371. The van der Waals surface area contributed by atoms with Crippen LogP contribution in [0.25, 0.3) is 0 Å². The van der Waals surface area contributed by atoms with E-state index in [2.05, 4.69) is 4.98 Å². The van der Waals surface area contributed by atoms with E-state index in [0.717, 1.165) is 0 Å². The minimum Gasteiger partial charge on any atom is -0.476 e. The van der Waals surface area contributed by atoms with Crippen LogP contribution >= 0.6 is 0 Å². The maximum atomic E-state index is 11.7. The third-order valence-electron chi connectivity index (χ3n) is 1.63. The first-order valence-electron chi connectivity index (χ1n) is 4.73. The van der Waals surface area contributed by atoms with Crippen molar-refractivity contribution < 1.29 is 19.4 Å². The highest BCUT2D eigenvalue weighted by Crippen LogP contribution is 2.14. The molecule has 5 nitrogen and oxygen atoms in total. The Morgan fingerprint density at radius 2 is 2.00 bits per heavy atom. The third-order valence-corrected chi connectivity index (χ3v) is 1.63. The number of pyridine rings is 1. The molecule has 5 heteroatoms. The van der Waals surface area contributed by atoms with Crippen LogP contribution in [0.15, 0.2) is 18.3 Å². The first-order valence-corrected chi connectivity index (χ1v) is 4.73. The van der Waals surface area contributed by atoms with Gasteiger partial charge >= 0.3 is 11.9 Å². The van der Waals surface area contributed by atoms with Gasteiger partial charge in [0.25, 0.3) is 0 Å². The topological polar surface area (TPSA) is 76.5 Å². The van der Waals surface area contributed by atoms with E-state index in [1.807, 2.05) is 0 Å². The number of nitrogens with zero attached hydrogens (tertiary/aromatic N) is 1. The molecule has 0 radical (unpaired) electrons. The van der Waals surface area contributed by atoms with E-state index < -0.39 is 17.5 Å². The fraction of sp³-hybridized carbons (Fsp3) is 0.364. The molecule has 0 fully saturated rings. The van der Waals surface area contributed by atoms with Gasteiger partial charge in [0.05, 0.1) is 5.56 Å². The fourth-order valence-corrected chi connectivity index (χ4v) is 1.07. The lowest BCUT2D eigenvalue weighted by atomic mass is 10.1. The quantitative estimate of drug-likeness (QED) is 0.772. The van der Waals surface area contributed by atoms with Crippen molar-refractivity contribution in [3.05, 3.63) is 29.6 Å². The Hall–Kier alpha value is -1.91. The number of rotatable bonds is 2. The second kappa shape index (κ2) is 4.30. The second-order valence-electron chi connectivity index (χ2n) is 4.21. The smallest absolute Gasteiger partial charge is 0.355 e. The maximum Gasteiger partial charge on any atom is 0.355 e. The molecule has 1 rings (SSSR count). The van der Waals surface area contributed by atoms with Crippen molar-refractivity contribution in [2.45, 2.75) is 26.4 Å². The Morgan fingerprint density at radius 1 is 1.38 bits per heavy atom. The van der Waals surface area contributed by atoms with Gasteiger partial charge in [0.1, 0.15) is 5.60 Å². The minimum atomic E-state index is -1.25. The van der Waals surface area contributed by atoms with E-state index in [1.165, 1.54) is 18.3 Å². The summed E-state index contributed by atoms with van der Waals surface area (Å²) in [5.74, 6) is -1.93. The van der Waals surface area contributed by atoms with Crippen LogP contribution in [0.1, 0.15) is 41.6 Å². The van der Waals surface area contributed by atoms with E-state index in [-0.39, 0.29) is 11.3 Å². The molecule has 1 heterocycles. The van der Waals surface area contributed by atoms with E-state index in [0.29, 0.717) is 0 Å². The molecule has 0 atom stereocenters. The van der Waals surface area contributed by atoms with Gasteiger partial charge in [0.15, 0.2) is 5.69 Å². The van der Waals surface area contributed by atoms with Gasteiger partial charge in [-0.05, 0) is 32.9 Å². The summed E-state index contributed by atoms with van der Waals surface area (Å²) in [5, 5.41) is 8.84. The van der Waals surface area contributed by atoms with Crippen LogP contribution in [0.4, 0.5) is 0 Å². The molecule has 0 spiro atoms. The number of aromatic carboxylic acids is 1. The highest BCUT2D eigenvalue weighted by molar-refractivity contribution is 6.01. The van der Waals surface area contributed by atoms with Crippen LogP contribution in [-0.2, 0) is 4.74 Å². The summed E-state index contributed by atoms with van der Waals surface area (Å²) in [6.45, 7) is 5.13. The summed E-state index contributed by atoms with van der Waals surface area (Å²) < 4.78 is 5.07. The summed E-state index contributed by atoms with van der Waals surface area (Å²) in [7, 11) is 0. The number of ether oxygens (including phenoxy) is 1. The van der Waals surface area contributed by atoms with Crippen molar-refractivity contribution in [3.63, 3.8) is 0 Å². The number of carboxylic acid groups (broad SMARTS) is 1. The molecule has 1 aromatic heterocycles. The number of carboxylic acids is 1. The van der Waals surface area contributed by atoms with Gasteiger partial charge in [0.2, 0.25) is 0 Å². The van der Waals surface area contributed by atoms with E-state index in [4.69, 9.17) is 9.84 Å². The third kappa shape index (κ3) is 3.05. The number of aromatic nitrogens is 1. The molecule has 86 valence electrons. The number of hydrogen-bond acceptors (Lipinski definition) is 4. The maximum absolute atomic E-state index is 11.7. The normalized spacial score (nSPS) is 10.9. The molecule has 0 aliphatic heterocycles. The van der Waals surface area contributed by atoms with Crippen molar-refractivity contribution in [2.75, 3.05) is 0 Å².